The number of hydrogen-bond donors (Lipinski definition) is 2. The minimum absolute atomic E-state index is 0.00610. The maximum Gasteiger partial charge on any atom is 0.410 e. The fraction of sp³-hybridized carbons (Fsp3) is 0.625. The zero-order valence-electron chi connectivity index (χ0n) is 18.9. The summed E-state index contributed by atoms with van der Waals surface area (Å²) in [6, 6.07) is 1.83. The number of aromatic nitrogens is 1. The molecule has 188 valence electrons. The number of amides is 3. The van der Waals surface area contributed by atoms with Crippen LogP contribution >= 0.6 is 0 Å². The molecule has 0 radical (unpaired) electrons. The monoisotopic (exact) mass is 494 g/mol. The topological polar surface area (TPSA) is 87.5 Å². The largest absolute Gasteiger partial charge is 0.438 e. The number of nitrogens with one attached hydrogen (secondary N) is 2. The Kier molecular flexibility index (Phi) is 5.05. The maximum atomic E-state index is 14.5. The summed E-state index contributed by atoms with van der Waals surface area (Å²) in [4.78, 5) is 30.3. The van der Waals surface area contributed by atoms with Crippen molar-refractivity contribution in [3.63, 3.8) is 0 Å². The number of hydrogen-bond acceptors (Lipinski definition) is 4. The smallest absolute Gasteiger partial charge is 0.410 e. The molecule has 7 nitrogen and oxygen atoms in total. The molecule has 3 aliphatic carbocycles. The summed E-state index contributed by atoms with van der Waals surface area (Å²) in [6.45, 7) is -0.470. The summed E-state index contributed by atoms with van der Waals surface area (Å²) in [5.74, 6) is 0.749. The molecule has 3 saturated carbocycles. The van der Waals surface area contributed by atoms with Gasteiger partial charge in [0.05, 0.1) is 6.54 Å². The van der Waals surface area contributed by atoms with Crippen molar-refractivity contribution in [3.05, 3.63) is 29.7 Å². The fourth-order valence-corrected chi connectivity index (χ4v) is 5.18. The minimum Gasteiger partial charge on any atom is -0.438 e. The van der Waals surface area contributed by atoms with E-state index < -0.39 is 42.4 Å². The van der Waals surface area contributed by atoms with Crippen LogP contribution in [0.5, 0.6) is 0 Å². The Morgan fingerprint density at radius 3 is 2.49 bits per heavy atom. The number of fused-ring (bicyclic) bond motifs is 1. The molecule has 1 saturated heterocycles. The lowest BCUT2D eigenvalue weighted by Gasteiger charge is -2.26. The van der Waals surface area contributed by atoms with Gasteiger partial charge >= 0.3 is 12.2 Å². The Hall–Kier alpha value is -2.85. The standard InChI is InChI=1S/C24H26F4N4O3/c25-23(7-8-23)21(33)31-19(18(13-2-3-13)14-4-5-14)20-29-15-9-12(1-6-16(15)35-20)10-32-11-17(24(26,27)28)30-22(32)34/h1,6,9,13-14,17-19H,2-5,7-8,10-11H2,(H,30,34)(H,31,33). The molecule has 2 aromatic rings. The van der Waals surface area contributed by atoms with Crippen LogP contribution in [0, 0.1) is 17.8 Å². The minimum atomic E-state index is -4.51. The summed E-state index contributed by atoms with van der Waals surface area (Å²) >= 11 is 0. The lowest BCUT2D eigenvalue weighted by atomic mass is 9.89. The van der Waals surface area contributed by atoms with Gasteiger partial charge in [0.15, 0.2) is 11.3 Å². The van der Waals surface area contributed by atoms with E-state index in [1.165, 1.54) is 0 Å². The molecule has 2 heterocycles. The molecule has 2 atom stereocenters. The number of urea groups is 1. The molecule has 35 heavy (non-hydrogen) atoms. The molecule has 2 unspecified atom stereocenters. The number of oxazole rings is 1. The highest BCUT2D eigenvalue weighted by molar-refractivity contribution is 5.88. The summed E-state index contributed by atoms with van der Waals surface area (Å²) in [7, 11) is 0. The lowest BCUT2D eigenvalue weighted by Crippen LogP contribution is -2.40. The van der Waals surface area contributed by atoms with Crippen LogP contribution in [0.25, 0.3) is 11.1 Å². The van der Waals surface area contributed by atoms with Gasteiger partial charge in [0.25, 0.3) is 5.91 Å². The van der Waals surface area contributed by atoms with Crippen LogP contribution < -0.4 is 10.6 Å². The molecule has 4 fully saturated rings. The molecule has 3 amide bonds. The molecular weight excluding hydrogens is 468 g/mol. The van der Waals surface area contributed by atoms with Gasteiger partial charge < -0.3 is 20.0 Å². The lowest BCUT2D eigenvalue weighted by molar-refractivity contribution is -0.149. The quantitative estimate of drug-likeness (QED) is 0.534. The summed E-state index contributed by atoms with van der Waals surface area (Å²) < 4.78 is 59.4. The molecule has 1 aromatic carbocycles. The van der Waals surface area contributed by atoms with Gasteiger partial charge in [-0.2, -0.15) is 13.2 Å². The van der Waals surface area contributed by atoms with Gasteiger partial charge in [-0.3, -0.25) is 4.79 Å². The fourth-order valence-electron chi connectivity index (χ4n) is 5.18. The number of alkyl halides is 4. The van der Waals surface area contributed by atoms with Gasteiger partial charge in [0.2, 0.25) is 5.89 Å². The van der Waals surface area contributed by atoms with Crippen molar-refractivity contribution in [3.8, 4) is 0 Å². The van der Waals surface area contributed by atoms with E-state index in [4.69, 9.17) is 4.42 Å². The number of benzene rings is 1. The first-order chi connectivity index (χ1) is 16.6. The molecule has 6 rings (SSSR count). The van der Waals surface area contributed by atoms with Gasteiger partial charge in [-0.05, 0) is 74.0 Å². The second-order valence-corrected chi connectivity index (χ2v) is 10.4. The Morgan fingerprint density at radius 1 is 1.23 bits per heavy atom. The van der Waals surface area contributed by atoms with E-state index in [9.17, 15) is 27.2 Å². The van der Waals surface area contributed by atoms with Crippen LogP contribution in [-0.2, 0) is 11.3 Å². The van der Waals surface area contributed by atoms with Crippen molar-refractivity contribution in [2.24, 2.45) is 17.8 Å². The van der Waals surface area contributed by atoms with E-state index in [-0.39, 0.29) is 25.3 Å². The van der Waals surface area contributed by atoms with Gasteiger partial charge in [-0.25, -0.2) is 14.2 Å². The number of carbonyl (C=O) groups is 2. The summed E-state index contributed by atoms with van der Waals surface area (Å²) in [6.07, 6.45) is 0.196. The number of carbonyl (C=O) groups excluding carboxylic acids is 2. The molecule has 4 aliphatic rings. The molecule has 0 spiro atoms. The second-order valence-electron chi connectivity index (χ2n) is 10.4. The van der Waals surface area contributed by atoms with Crippen LogP contribution in [0.4, 0.5) is 22.4 Å². The third-order valence-electron chi connectivity index (χ3n) is 7.59. The highest BCUT2D eigenvalue weighted by Gasteiger charge is 2.54. The predicted octanol–water partition coefficient (Wildman–Crippen LogP) is 4.38. The van der Waals surface area contributed by atoms with Gasteiger partial charge in [0, 0.05) is 6.54 Å². The molecule has 1 aromatic heterocycles. The zero-order chi connectivity index (χ0) is 24.5. The van der Waals surface area contributed by atoms with Gasteiger partial charge in [-0.1, -0.05) is 6.07 Å². The van der Waals surface area contributed by atoms with Crippen molar-refractivity contribution in [2.75, 3.05) is 6.54 Å². The van der Waals surface area contributed by atoms with E-state index in [0.717, 1.165) is 30.6 Å². The van der Waals surface area contributed by atoms with Crippen LogP contribution in [-0.4, -0.2) is 46.3 Å². The van der Waals surface area contributed by atoms with Crippen LogP contribution in [0.3, 0.4) is 0 Å². The average Bonchev–Trinajstić information content (AvgIpc) is 3.71. The van der Waals surface area contributed by atoms with E-state index in [0.29, 0.717) is 34.4 Å². The Labute approximate surface area is 198 Å². The highest BCUT2D eigenvalue weighted by atomic mass is 19.4. The summed E-state index contributed by atoms with van der Waals surface area (Å²) in [5.41, 5.74) is -0.249. The molecular formula is C24H26F4N4O3. The number of nitrogens with zero attached hydrogens (tertiary/aromatic N) is 2. The SMILES string of the molecule is O=C1NC(C(F)(F)F)CN1Cc1ccc2oc(C(NC(=O)C3(F)CC3)C(C3CC3)C3CC3)nc2c1. The third-order valence-corrected chi connectivity index (χ3v) is 7.59. The molecule has 2 N–H and O–H groups in total. The number of rotatable bonds is 8. The first-order valence-electron chi connectivity index (χ1n) is 12.1. The second kappa shape index (κ2) is 7.83. The van der Waals surface area contributed by atoms with Crippen molar-refractivity contribution in [1.29, 1.82) is 0 Å². The van der Waals surface area contributed by atoms with Crippen LogP contribution in [0.15, 0.2) is 22.6 Å². The van der Waals surface area contributed by atoms with Crippen LogP contribution in [0.2, 0.25) is 0 Å². The summed E-state index contributed by atoms with van der Waals surface area (Å²) in [5, 5.41) is 4.86. The first-order valence-corrected chi connectivity index (χ1v) is 12.1. The van der Waals surface area contributed by atoms with Crippen LogP contribution in [0.1, 0.15) is 56.0 Å². The highest BCUT2D eigenvalue weighted by Crippen LogP contribution is 2.54. The normalized spacial score (nSPS) is 24.7. The number of halogens is 4. The van der Waals surface area contributed by atoms with Gasteiger partial charge in [0.1, 0.15) is 17.6 Å². The van der Waals surface area contributed by atoms with E-state index in [1.54, 1.807) is 18.2 Å². The molecule has 11 heteroatoms. The van der Waals surface area contributed by atoms with Crippen molar-refractivity contribution in [2.45, 2.75) is 69.0 Å². The van der Waals surface area contributed by atoms with E-state index >= 15 is 0 Å². The van der Waals surface area contributed by atoms with Crippen molar-refractivity contribution in [1.82, 2.24) is 20.5 Å². The average molecular weight is 494 g/mol. The van der Waals surface area contributed by atoms with Crippen molar-refractivity contribution < 1.29 is 31.6 Å². The van der Waals surface area contributed by atoms with Crippen molar-refractivity contribution >= 4 is 23.0 Å². The third kappa shape index (κ3) is 4.45. The molecule has 0 bridgehead atoms. The predicted molar refractivity (Wildman–Crippen MR) is 116 cm³/mol. The first kappa shape index (κ1) is 22.6. The zero-order valence-corrected chi connectivity index (χ0v) is 18.9. The molecule has 1 aliphatic heterocycles. The Bertz CT molecular complexity index is 1160. The Balaban J connectivity index is 1.25. The van der Waals surface area contributed by atoms with Gasteiger partial charge in [-0.15, -0.1) is 0 Å². The Morgan fingerprint density at radius 2 is 1.91 bits per heavy atom. The van der Waals surface area contributed by atoms with E-state index in [1.807, 2.05) is 5.32 Å². The van der Waals surface area contributed by atoms with E-state index in [2.05, 4.69) is 10.3 Å². The maximum absolute atomic E-state index is 14.5.